The second kappa shape index (κ2) is 7.78. The maximum Gasteiger partial charge on any atom is 0.260 e. The van der Waals surface area contributed by atoms with E-state index in [4.69, 9.17) is 4.74 Å². The summed E-state index contributed by atoms with van der Waals surface area (Å²) in [5, 5.41) is 7.76. The second-order valence-electron chi connectivity index (χ2n) is 7.45. The van der Waals surface area contributed by atoms with Crippen molar-refractivity contribution in [2.45, 2.75) is 35.9 Å². The summed E-state index contributed by atoms with van der Waals surface area (Å²) in [5.41, 5.74) is 0.410. The number of ether oxygens (including phenoxy) is 1. The molecular weight excluding hydrogens is 390 g/mol. The number of hydrogen-bond donors (Lipinski definition) is 1. The van der Waals surface area contributed by atoms with Gasteiger partial charge in [0.2, 0.25) is 10.0 Å². The number of hydrogen-bond acceptors (Lipinski definition) is 5. The Balaban J connectivity index is 1.41. The summed E-state index contributed by atoms with van der Waals surface area (Å²) in [5.74, 6) is 0.457. The first-order valence-corrected chi connectivity index (χ1v) is 11.1. The normalized spacial score (nSPS) is 21.8. The lowest BCUT2D eigenvalue weighted by molar-refractivity contribution is -0.121. The van der Waals surface area contributed by atoms with Crippen LogP contribution in [0.25, 0.3) is 0 Å². The van der Waals surface area contributed by atoms with Crippen LogP contribution in [0.1, 0.15) is 18.4 Å². The van der Waals surface area contributed by atoms with Crippen molar-refractivity contribution in [1.82, 2.24) is 14.9 Å². The molecular formula is C21H24N3O4S. The summed E-state index contributed by atoms with van der Waals surface area (Å²) in [6.07, 6.45) is 1.53. The Morgan fingerprint density at radius 1 is 1.10 bits per heavy atom. The molecule has 2 aromatic rings. The Morgan fingerprint density at radius 2 is 1.76 bits per heavy atom. The Hall–Kier alpha value is -2.42. The number of nitrogens with one attached hydrogen (secondary N) is 1. The lowest BCUT2D eigenvalue weighted by Gasteiger charge is -2.37. The van der Waals surface area contributed by atoms with Gasteiger partial charge < -0.3 is 4.74 Å². The van der Waals surface area contributed by atoms with Crippen LogP contribution in [0.15, 0.2) is 59.5 Å². The molecule has 0 aromatic heterocycles. The minimum absolute atomic E-state index is 0.152. The van der Waals surface area contributed by atoms with E-state index in [9.17, 15) is 13.2 Å². The molecule has 2 fully saturated rings. The number of sulfonamides is 1. The Morgan fingerprint density at radius 3 is 2.38 bits per heavy atom. The van der Waals surface area contributed by atoms with Gasteiger partial charge in [-0.2, -0.15) is 4.31 Å². The van der Waals surface area contributed by atoms with E-state index < -0.39 is 15.7 Å². The van der Waals surface area contributed by atoms with Gasteiger partial charge in [0.25, 0.3) is 5.91 Å². The van der Waals surface area contributed by atoms with Gasteiger partial charge in [-0.05, 0) is 49.1 Å². The lowest BCUT2D eigenvalue weighted by Crippen LogP contribution is -2.56. The van der Waals surface area contributed by atoms with Gasteiger partial charge in [-0.1, -0.05) is 30.3 Å². The number of piperidine rings is 1. The van der Waals surface area contributed by atoms with Crippen LogP contribution >= 0.6 is 0 Å². The maximum absolute atomic E-state index is 12.9. The summed E-state index contributed by atoms with van der Waals surface area (Å²) in [6.45, 7) is 0.631. The number of amides is 1. The van der Waals surface area contributed by atoms with Crippen LogP contribution in [0.2, 0.25) is 0 Å². The number of carbonyl (C=O) groups excluding carboxylic acids is 1. The van der Waals surface area contributed by atoms with Gasteiger partial charge in [0.1, 0.15) is 11.4 Å². The van der Waals surface area contributed by atoms with Crippen LogP contribution in [-0.4, -0.2) is 50.5 Å². The molecule has 153 valence electrons. The Bertz CT molecular complexity index is 969. The third-order valence-corrected chi connectivity index (χ3v) is 7.51. The van der Waals surface area contributed by atoms with Crippen molar-refractivity contribution < 1.29 is 17.9 Å². The smallest absolute Gasteiger partial charge is 0.260 e. The van der Waals surface area contributed by atoms with Crippen LogP contribution in [0.3, 0.4) is 0 Å². The monoisotopic (exact) mass is 414 g/mol. The van der Waals surface area contributed by atoms with Gasteiger partial charge in [0, 0.05) is 13.1 Å². The fourth-order valence-corrected chi connectivity index (χ4v) is 5.39. The van der Waals surface area contributed by atoms with Crippen molar-refractivity contribution in [2.75, 3.05) is 20.2 Å². The van der Waals surface area contributed by atoms with E-state index in [2.05, 4.69) is 10.6 Å². The highest BCUT2D eigenvalue weighted by atomic mass is 32.2. The third-order valence-electron chi connectivity index (χ3n) is 5.59. The van der Waals surface area contributed by atoms with Gasteiger partial charge >= 0.3 is 0 Å². The van der Waals surface area contributed by atoms with Crippen molar-refractivity contribution in [3.8, 4) is 5.75 Å². The molecule has 1 spiro atoms. The first kappa shape index (κ1) is 19.9. The first-order chi connectivity index (χ1) is 13.9. The fourth-order valence-electron chi connectivity index (χ4n) is 3.94. The molecule has 0 bridgehead atoms. The van der Waals surface area contributed by atoms with Gasteiger partial charge in [-0.25, -0.2) is 13.7 Å². The zero-order valence-electron chi connectivity index (χ0n) is 16.2. The van der Waals surface area contributed by atoms with Crippen LogP contribution in [-0.2, 0) is 21.2 Å². The van der Waals surface area contributed by atoms with Gasteiger partial charge in [0.05, 0.1) is 18.0 Å². The molecule has 2 saturated heterocycles. The maximum atomic E-state index is 12.9. The molecule has 7 nitrogen and oxygen atoms in total. The summed E-state index contributed by atoms with van der Waals surface area (Å²) in [4.78, 5) is 12.7. The molecule has 29 heavy (non-hydrogen) atoms. The fraction of sp³-hybridized carbons (Fsp3) is 0.381. The predicted octanol–water partition coefficient (Wildman–Crippen LogP) is 1.52. The molecule has 2 aliphatic heterocycles. The average Bonchev–Trinajstić information content (AvgIpc) is 3.03. The van der Waals surface area contributed by atoms with Crippen LogP contribution in [0.4, 0.5) is 0 Å². The summed E-state index contributed by atoms with van der Waals surface area (Å²) < 4.78 is 32.4. The molecule has 0 saturated carbocycles. The average molecular weight is 415 g/mol. The van der Waals surface area contributed by atoms with E-state index in [1.54, 1.807) is 24.3 Å². The summed E-state index contributed by atoms with van der Waals surface area (Å²) >= 11 is 0. The minimum atomic E-state index is -3.59. The van der Waals surface area contributed by atoms with E-state index in [0.717, 1.165) is 5.56 Å². The standard InChI is InChI=1S/C21H24N3O4S/c1-28-17-7-9-18(10-8-17)29(26,27)24-13-11-21(12-14-24)22-19(20(25)23-21)15-16-5-3-2-4-6-16/h2-10,19,22H,11-15H2,1H3. The van der Waals surface area contributed by atoms with Crippen LogP contribution < -0.4 is 15.4 Å². The molecule has 1 unspecified atom stereocenters. The number of nitrogens with zero attached hydrogens (tertiary/aromatic N) is 2. The molecule has 1 atom stereocenters. The zero-order valence-corrected chi connectivity index (χ0v) is 17.1. The van der Waals surface area contributed by atoms with Gasteiger partial charge in [0.15, 0.2) is 0 Å². The lowest BCUT2D eigenvalue weighted by atomic mass is 9.99. The van der Waals surface area contributed by atoms with Gasteiger partial charge in [-0.3, -0.25) is 10.1 Å². The van der Waals surface area contributed by atoms with Crippen molar-refractivity contribution in [1.29, 1.82) is 0 Å². The van der Waals surface area contributed by atoms with Crippen molar-refractivity contribution in [3.63, 3.8) is 0 Å². The third kappa shape index (κ3) is 4.01. The molecule has 2 aliphatic rings. The SMILES string of the molecule is COc1ccc(S(=O)(=O)N2CCC3(CC2)[N]C(=O)C(Cc2ccccc2)N3)cc1. The van der Waals surface area contributed by atoms with Crippen LogP contribution in [0, 0.1) is 0 Å². The topological polar surface area (TPSA) is 89.8 Å². The van der Waals surface area contributed by atoms with Crippen molar-refractivity contribution >= 4 is 15.9 Å². The molecule has 1 amide bonds. The number of benzene rings is 2. The van der Waals surface area contributed by atoms with Gasteiger partial charge in [-0.15, -0.1) is 0 Å². The molecule has 2 aromatic carbocycles. The predicted molar refractivity (Wildman–Crippen MR) is 108 cm³/mol. The highest BCUT2D eigenvalue weighted by Crippen LogP contribution is 2.30. The largest absolute Gasteiger partial charge is 0.497 e. The van der Waals surface area contributed by atoms with E-state index >= 15 is 0 Å². The molecule has 0 aliphatic carbocycles. The zero-order chi connectivity index (χ0) is 20.5. The highest BCUT2D eigenvalue weighted by molar-refractivity contribution is 7.89. The van der Waals surface area contributed by atoms with Crippen LogP contribution in [0.5, 0.6) is 5.75 Å². The number of carbonyl (C=O) groups is 1. The summed E-state index contributed by atoms with van der Waals surface area (Å²) in [6, 6.07) is 15.8. The quantitative estimate of drug-likeness (QED) is 0.801. The molecule has 2 heterocycles. The van der Waals surface area contributed by atoms with Crippen molar-refractivity contribution in [2.24, 2.45) is 0 Å². The van der Waals surface area contributed by atoms with Crippen molar-refractivity contribution in [3.05, 3.63) is 60.2 Å². The number of methoxy groups -OCH3 is 1. The second-order valence-corrected chi connectivity index (χ2v) is 9.39. The number of rotatable bonds is 5. The molecule has 4 rings (SSSR count). The molecule has 1 N–H and O–H groups in total. The Kier molecular flexibility index (Phi) is 5.33. The molecule has 8 heteroatoms. The van der Waals surface area contributed by atoms with E-state index in [1.165, 1.54) is 11.4 Å². The summed E-state index contributed by atoms with van der Waals surface area (Å²) in [7, 11) is -2.05. The van der Waals surface area contributed by atoms with E-state index in [1.807, 2.05) is 30.3 Å². The van der Waals surface area contributed by atoms with E-state index in [-0.39, 0.29) is 16.8 Å². The molecule has 1 radical (unpaired) electrons. The minimum Gasteiger partial charge on any atom is -0.497 e. The highest BCUT2D eigenvalue weighted by Gasteiger charge is 2.48. The van der Waals surface area contributed by atoms with E-state index in [0.29, 0.717) is 38.1 Å². The Labute approximate surface area is 171 Å². The first-order valence-electron chi connectivity index (χ1n) is 9.64.